The number of morpholine rings is 1. The van der Waals surface area contributed by atoms with Crippen LogP contribution in [0.5, 0.6) is 0 Å². The molecule has 0 aliphatic carbocycles. The number of hydrogen-bond acceptors (Lipinski definition) is 5. The molecular weight excluding hydrogens is 252 g/mol. The molecule has 2 saturated heterocycles. The zero-order valence-electron chi connectivity index (χ0n) is 11.3. The van der Waals surface area contributed by atoms with Crippen molar-refractivity contribution in [3.8, 4) is 0 Å². The Kier molecular flexibility index (Phi) is 4.64. The fraction of sp³-hybridized carbons (Fsp3) is 1.00. The Morgan fingerprint density at radius 1 is 1.33 bits per heavy atom. The third kappa shape index (κ3) is 3.91. The van der Waals surface area contributed by atoms with E-state index >= 15 is 0 Å². The molecule has 1 atom stereocenters. The molecule has 6 heteroatoms. The maximum atomic E-state index is 12.1. The molecule has 2 aliphatic rings. The second-order valence-corrected chi connectivity index (χ2v) is 7.84. The highest BCUT2D eigenvalue weighted by atomic mass is 32.2. The van der Waals surface area contributed by atoms with Crippen LogP contribution in [0.2, 0.25) is 0 Å². The van der Waals surface area contributed by atoms with Crippen LogP contribution in [0.4, 0.5) is 0 Å². The van der Waals surface area contributed by atoms with Crippen LogP contribution in [0.25, 0.3) is 0 Å². The smallest absolute Gasteiger partial charge is 0.153 e. The van der Waals surface area contributed by atoms with Crippen LogP contribution in [0.3, 0.4) is 0 Å². The molecule has 0 aromatic carbocycles. The molecule has 1 unspecified atom stereocenters. The molecule has 2 rings (SSSR count). The summed E-state index contributed by atoms with van der Waals surface area (Å²) in [6.07, 6.45) is -0.154. The van der Waals surface area contributed by atoms with Crippen molar-refractivity contribution in [2.75, 3.05) is 44.3 Å². The third-order valence-electron chi connectivity index (χ3n) is 3.70. The predicted molar refractivity (Wildman–Crippen MR) is 71.5 cm³/mol. The molecule has 0 radical (unpaired) electrons. The maximum Gasteiger partial charge on any atom is 0.153 e. The van der Waals surface area contributed by atoms with E-state index in [4.69, 9.17) is 4.74 Å². The van der Waals surface area contributed by atoms with Crippen LogP contribution in [0, 0.1) is 5.92 Å². The number of nitrogens with one attached hydrogen (secondary N) is 1. The highest BCUT2D eigenvalue weighted by Crippen LogP contribution is 2.14. The molecule has 1 N–H and O–H groups in total. The first-order valence-electron chi connectivity index (χ1n) is 6.73. The molecule has 0 aromatic heterocycles. The van der Waals surface area contributed by atoms with Crippen molar-refractivity contribution in [1.82, 2.24) is 10.2 Å². The van der Waals surface area contributed by atoms with E-state index in [2.05, 4.69) is 24.1 Å². The molecule has 2 aliphatic heterocycles. The quantitative estimate of drug-likeness (QED) is 0.749. The summed E-state index contributed by atoms with van der Waals surface area (Å²) in [6, 6.07) is 0.454. The standard InChI is InChI=1S/C12H24N2O3S/c1-10(2)14-3-4-17-12(7-14)9-18(15,16)8-11-5-13-6-11/h10-13H,3-9H2,1-2H3. The average Bonchev–Trinajstić information content (AvgIpc) is 2.23. The van der Waals surface area contributed by atoms with Crippen LogP contribution >= 0.6 is 0 Å². The summed E-state index contributed by atoms with van der Waals surface area (Å²) in [5.74, 6) is 0.786. The number of hydrogen-bond donors (Lipinski definition) is 1. The van der Waals surface area contributed by atoms with Crippen LogP contribution in [-0.4, -0.2) is 69.8 Å². The van der Waals surface area contributed by atoms with Gasteiger partial charge in [-0.3, -0.25) is 4.90 Å². The largest absolute Gasteiger partial charge is 0.374 e. The minimum Gasteiger partial charge on any atom is -0.374 e. The van der Waals surface area contributed by atoms with E-state index in [9.17, 15) is 8.42 Å². The fourth-order valence-electron chi connectivity index (χ4n) is 2.49. The van der Waals surface area contributed by atoms with Crippen molar-refractivity contribution in [3.05, 3.63) is 0 Å². The Morgan fingerprint density at radius 3 is 2.61 bits per heavy atom. The summed E-state index contributed by atoms with van der Waals surface area (Å²) >= 11 is 0. The van der Waals surface area contributed by atoms with Crippen molar-refractivity contribution >= 4 is 9.84 Å². The van der Waals surface area contributed by atoms with E-state index in [0.29, 0.717) is 24.3 Å². The Bertz CT molecular complexity index is 366. The highest BCUT2D eigenvalue weighted by molar-refractivity contribution is 7.91. The summed E-state index contributed by atoms with van der Waals surface area (Å²) < 4.78 is 29.7. The first kappa shape index (κ1) is 14.2. The van der Waals surface area contributed by atoms with E-state index in [1.807, 2.05) is 0 Å². The van der Waals surface area contributed by atoms with Gasteiger partial charge in [0, 0.05) is 32.2 Å². The van der Waals surface area contributed by atoms with Gasteiger partial charge in [0.05, 0.1) is 24.2 Å². The Morgan fingerprint density at radius 2 is 2.06 bits per heavy atom. The molecule has 5 nitrogen and oxygen atoms in total. The maximum absolute atomic E-state index is 12.1. The summed E-state index contributed by atoms with van der Waals surface area (Å²) in [4.78, 5) is 2.29. The van der Waals surface area contributed by atoms with E-state index in [-0.39, 0.29) is 11.9 Å². The summed E-state index contributed by atoms with van der Waals surface area (Å²) in [5.41, 5.74) is 0. The zero-order valence-corrected chi connectivity index (χ0v) is 12.1. The lowest BCUT2D eigenvalue weighted by atomic mass is 10.1. The van der Waals surface area contributed by atoms with Gasteiger partial charge < -0.3 is 10.1 Å². The normalized spacial score (nSPS) is 27.4. The van der Waals surface area contributed by atoms with Crippen molar-refractivity contribution in [3.63, 3.8) is 0 Å². The molecule has 2 fully saturated rings. The van der Waals surface area contributed by atoms with Crippen molar-refractivity contribution in [1.29, 1.82) is 0 Å². The second-order valence-electron chi connectivity index (χ2n) is 5.68. The van der Waals surface area contributed by atoms with Gasteiger partial charge in [0.25, 0.3) is 0 Å². The van der Waals surface area contributed by atoms with Crippen molar-refractivity contribution < 1.29 is 13.2 Å². The summed E-state index contributed by atoms with van der Waals surface area (Å²) in [6.45, 7) is 8.23. The van der Waals surface area contributed by atoms with Gasteiger partial charge in [0.1, 0.15) is 0 Å². The van der Waals surface area contributed by atoms with Gasteiger partial charge in [0.15, 0.2) is 9.84 Å². The van der Waals surface area contributed by atoms with Crippen LogP contribution in [0.15, 0.2) is 0 Å². The minimum atomic E-state index is -2.98. The molecule has 2 heterocycles. The minimum absolute atomic E-state index is 0.154. The Labute approximate surface area is 110 Å². The molecule has 0 bridgehead atoms. The first-order valence-corrected chi connectivity index (χ1v) is 8.55. The van der Waals surface area contributed by atoms with Gasteiger partial charge in [-0.2, -0.15) is 0 Å². The molecule has 0 saturated carbocycles. The third-order valence-corrected chi connectivity index (χ3v) is 5.55. The van der Waals surface area contributed by atoms with Gasteiger partial charge in [-0.25, -0.2) is 8.42 Å². The lowest BCUT2D eigenvalue weighted by Gasteiger charge is -2.35. The Hall–Kier alpha value is -0.170. The van der Waals surface area contributed by atoms with Crippen molar-refractivity contribution in [2.45, 2.75) is 26.0 Å². The first-order chi connectivity index (χ1) is 8.46. The summed E-state index contributed by atoms with van der Waals surface area (Å²) in [5, 5.41) is 3.11. The molecular formula is C12H24N2O3S. The van der Waals surface area contributed by atoms with Crippen LogP contribution in [0.1, 0.15) is 13.8 Å². The SMILES string of the molecule is CC(C)N1CCOC(CS(=O)(=O)CC2CNC2)C1. The number of rotatable bonds is 5. The van der Waals surface area contributed by atoms with Gasteiger partial charge in [0.2, 0.25) is 0 Å². The lowest BCUT2D eigenvalue weighted by molar-refractivity contribution is -0.0272. The number of sulfone groups is 1. The Balaban J connectivity index is 1.83. The molecule has 106 valence electrons. The van der Waals surface area contributed by atoms with Crippen molar-refractivity contribution in [2.24, 2.45) is 5.92 Å². The van der Waals surface area contributed by atoms with Gasteiger partial charge >= 0.3 is 0 Å². The van der Waals surface area contributed by atoms with E-state index in [1.165, 1.54) is 0 Å². The zero-order chi connectivity index (χ0) is 13.2. The van der Waals surface area contributed by atoms with Gasteiger partial charge in [-0.15, -0.1) is 0 Å². The molecule has 0 amide bonds. The average molecular weight is 276 g/mol. The molecule has 18 heavy (non-hydrogen) atoms. The number of nitrogens with zero attached hydrogens (tertiary/aromatic N) is 1. The highest BCUT2D eigenvalue weighted by Gasteiger charge is 2.30. The lowest BCUT2D eigenvalue weighted by Crippen LogP contribution is -2.50. The molecule has 0 spiro atoms. The fourth-order valence-corrected chi connectivity index (χ4v) is 4.35. The van der Waals surface area contributed by atoms with E-state index in [1.54, 1.807) is 0 Å². The summed E-state index contributed by atoms with van der Waals surface area (Å²) in [7, 11) is -2.98. The van der Waals surface area contributed by atoms with Crippen LogP contribution < -0.4 is 5.32 Å². The van der Waals surface area contributed by atoms with Crippen LogP contribution in [-0.2, 0) is 14.6 Å². The predicted octanol–water partition coefficient (Wildman–Crippen LogP) is -0.270. The monoisotopic (exact) mass is 276 g/mol. The topological polar surface area (TPSA) is 58.6 Å². The van der Waals surface area contributed by atoms with E-state index in [0.717, 1.165) is 26.2 Å². The van der Waals surface area contributed by atoms with Gasteiger partial charge in [-0.1, -0.05) is 0 Å². The van der Waals surface area contributed by atoms with Gasteiger partial charge in [-0.05, 0) is 19.8 Å². The van der Waals surface area contributed by atoms with E-state index < -0.39 is 9.84 Å². The molecule has 0 aromatic rings. The number of ether oxygens (including phenoxy) is 1. The second kappa shape index (κ2) is 5.86.